The van der Waals surface area contributed by atoms with Crippen LogP contribution in [0.3, 0.4) is 0 Å². The minimum Gasteiger partial charge on any atom is -0.408 e. The summed E-state index contributed by atoms with van der Waals surface area (Å²) < 4.78 is 20.0. The van der Waals surface area contributed by atoms with Crippen LogP contribution in [0.4, 0.5) is 4.39 Å². The van der Waals surface area contributed by atoms with Crippen LogP contribution in [0.1, 0.15) is 17.5 Å². The number of hydrogen-bond acceptors (Lipinski definition) is 3. The van der Waals surface area contributed by atoms with Crippen LogP contribution in [0.15, 0.2) is 51.7 Å². The lowest BCUT2D eigenvalue weighted by Crippen LogP contribution is -2.23. The molecule has 24 heavy (non-hydrogen) atoms. The summed E-state index contributed by atoms with van der Waals surface area (Å²) in [5.41, 5.74) is 2.58. The maximum Gasteiger partial charge on any atom is 0.419 e. The molecule has 0 radical (unpaired) electrons. The highest BCUT2D eigenvalue weighted by Gasteiger charge is 2.08. The third kappa shape index (κ3) is 3.37. The molecule has 0 spiro atoms. The van der Waals surface area contributed by atoms with Gasteiger partial charge in [-0.1, -0.05) is 24.3 Å². The molecule has 3 rings (SSSR count). The van der Waals surface area contributed by atoms with Crippen LogP contribution in [0.2, 0.25) is 0 Å². The Balaban J connectivity index is 1.59. The Hall–Kier alpha value is -2.89. The molecule has 0 saturated heterocycles. The first-order chi connectivity index (χ1) is 11.5. The van der Waals surface area contributed by atoms with E-state index in [2.05, 4.69) is 5.32 Å². The first-order valence-electron chi connectivity index (χ1n) is 7.63. The summed E-state index contributed by atoms with van der Waals surface area (Å²) in [6.07, 6.45) is 0.571. The second-order valence-electron chi connectivity index (χ2n) is 5.60. The number of benzene rings is 2. The molecule has 1 amide bonds. The Labute approximate surface area is 137 Å². The zero-order chi connectivity index (χ0) is 17.1. The number of amides is 1. The van der Waals surface area contributed by atoms with Gasteiger partial charge >= 0.3 is 5.76 Å². The second kappa shape index (κ2) is 6.70. The van der Waals surface area contributed by atoms with Crippen LogP contribution in [-0.2, 0) is 24.8 Å². The van der Waals surface area contributed by atoms with Crippen molar-refractivity contribution >= 4 is 17.0 Å². The van der Waals surface area contributed by atoms with Gasteiger partial charge in [-0.15, -0.1) is 0 Å². The fourth-order valence-electron chi connectivity index (χ4n) is 2.52. The molecular formula is C18H17FN2O3. The predicted octanol–water partition coefficient (Wildman–Crippen LogP) is 2.52. The summed E-state index contributed by atoms with van der Waals surface area (Å²) in [5, 5.41) is 2.80. The maximum atomic E-state index is 13.5. The average Bonchev–Trinajstić information content (AvgIpc) is 2.86. The molecule has 0 aliphatic rings. The standard InChI is InChI=1S/C18H17FN2O3/c1-21-15-10-12(6-8-16(15)24-18(21)23)11-20-17(22)9-7-13-4-2-3-5-14(13)19/h2-6,8,10H,7,9,11H2,1H3,(H,20,22). The summed E-state index contributed by atoms with van der Waals surface area (Å²) in [4.78, 5) is 23.4. The van der Waals surface area contributed by atoms with Crippen molar-refractivity contribution in [3.8, 4) is 0 Å². The number of fused-ring (bicyclic) bond motifs is 1. The molecular weight excluding hydrogens is 311 g/mol. The van der Waals surface area contributed by atoms with Gasteiger partial charge in [-0.25, -0.2) is 9.18 Å². The summed E-state index contributed by atoms with van der Waals surface area (Å²) in [7, 11) is 1.63. The van der Waals surface area contributed by atoms with E-state index in [4.69, 9.17) is 4.42 Å². The fraction of sp³-hybridized carbons (Fsp3) is 0.222. The molecule has 124 valence electrons. The molecule has 3 aromatic rings. The first kappa shape index (κ1) is 16.0. The number of halogens is 1. The van der Waals surface area contributed by atoms with E-state index in [1.165, 1.54) is 10.6 Å². The zero-order valence-electron chi connectivity index (χ0n) is 13.2. The van der Waals surface area contributed by atoms with Gasteiger partial charge in [0.15, 0.2) is 5.58 Å². The molecule has 1 heterocycles. The van der Waals surface area contributed by atoms with E-state index in [0.717, 1.165) is 5.56 Å². The lowest BCUT2D eigenvalue weighted by atomic mass is 10.1. The minimum atomic E-state index is -0.420. The molecule has 1 N–H and O–H groups in total. The van der Waals surface area contributed by atoms with Gasteiger partial charge < -0.3 is 9.73 Å². The number of hydrogen-bond donors (Lipinski definition) is 1. The van der Waals surface area contributed by atoms with Gasteiger partial charge in [0.05, 0.1) is 5.52 Å². The van der Waals surface area contributed by atoms with Crippen LogP contribution in [0.25, 0.3) is 11.1 Å². The molecule has 0 atom stereocenters. The summed E-state index contributed by atoms with van der Waals surface area (Å²) in [6.45, 7) is 0.339. The third-order valence-corrected chi connectivity index (χ3v) is 3.92. The highest BCUT2D eigenvalue weighted by atomic mass is 19.1. The van der Waals surface area contributed by atoms with E-state index in [9.17, 15) is 14.0 Å². The second-order valence-corrected chi connectivity index (χ2v) is 5.60. The summed E-state index contributed by atoms with van der Waals surface area (Å²) >= 11 is 0. The number of nitrogens with one attached hydrogen (secondary N) is 1. The third-order valence-electron chi connectivity index (χ3n) is 3.92. The molecule has 5 nitrogen and oxygen atoms in total. The van der Waals surface area contributed by atoms with Gasteiger partial charge in [0.2, 0.25) is 5.91 Å². The number of rotatable bonds is 5. The zero-order valence-corrected chi connectivity index (χ0v) is 13.2. The van der Waals surface area contributed by atoms with Gasteiger partial charge in [0.1, 0.15) is 5.82 Å². The van der Waals surface area contributed by atoms with E-state index < -0.39 is 5.76 Å². The van der Waals surface area contributed by atoms with E-state index in [1.54, 1.807) is 43.4 Å². The van der Waals surface area contributed by atoms with E-state index in [1.807, 2.05) is 0 Å². The number of aromatic nitrogens is 1. The van der Waals surface area contributed by atoms with Gasteiger partial charge in [-0.3, -0.25) is 9.36 Å². The summed E-state index contributed by atoms with van der Waals surface area (Å²) in [6, 6.07) is 11.7. The number of nitrogens with zero attached hydrogens (tertiary/aromatic N) is 1. The normalized spacial score (nSPS) is 10.9. The number of carbonyl (C=O) groups excluding carboxylic acids is 1. The van der Waals surface area contributed by atoms with E-state index >= 15 is 0 Å². The van der Waals surface area contributed by atoms with E-state index in [-0.39, 0.29) is 18.1 Å². The van der Waals surface area contributed by atoms with Gasteiger partial charge in [-0.05, 0) is 35.7 Å². The molecule has 1 aromatic heterocycles. The molecule has 2 aromatic carbocycles. The highest BCUT2D eigenvalue weighted by Crippen LogP contribution is 2.14. The van der Waals surface area contributed by atoms with Gasteiger partial charge in [0.25, 0.3) is 0 Å². The van der Waals surface area contributed by atoms with Crippen molar-refractivity contribution in [3.05, 3.63) is 70.0 Å². The lowest BCUT2D eigenvalue weighted by molar-refractivity contribution is -0.121. The largest absolute Gasteiger partial charge is 0.419 e. The Kier molecular flexibility index (Phi) is 4.46. The molecule has 0 unspecified atom stereocenters. The minimum absolute atomic E-state index is 0.153. The first-order valence-corrected chi connectivity index (χ1v) is 7.63. The quantitative estimate of drug-likeness (QED) is 0.783. The van der Waals surface area contributed by atoms with Crippen molar-refractivity contribution in [2.75, 3.05) is 0 Å². The van der Waals surface area contributed by atoms with Crippen LogP contribution in [0.5, 0.6) is 0 Å². The molecule has 0 fully saturated rings. The van der Waals surface area contributed by atoms with Crippen molar-refractivity contribution in [2.24, 2.45) is 7.05 Å². The van der Waals surface area contributed by atoms with Crippen LogP contribution < -0.4 is 11.1 Å². The fourth-order valence-corrected chi connectivity index (χ4v) is 2.52. The Morgan fingerprint density at radius 3 is 2.83 bits per heavy atom. The van der Waals surface area contributed by atoms with Gasteiger partial charge in [0, 0.05) is 20.0 Å². The van der Waals surface area contributed by atoms with Crippen molar-refractivity contribution in [3.63, 3.8) is 0 Å². The number of carbonyl (C=O) groups is 1. The topological polar surface area (TPSA) is 64.2 Å². The number of aryl methyl sites for hydroxylation is 2. The Morgan fingerprint density at radius 1 is 1.25 bits per heavy atom. The van der Waals surface area contributed by atoms with Crippen LogP contribution >= 0.6 is 0 Å². The average molecular weight is 328 g/mol. The molecule has 6 heteroatoms. The molecule has 0 bridgehead atoms. The van der Waals surface area contributed by atoms with E-state index in [0.29, 0.717) is 29.6 Å². The Bertz CT molecular complexity index is 943. The molecule has 0 saturated carbocycles. The molecule has 0 aliphatic heterocycles. The highest BCUT2D eigenvalue weighted by molar-refractivity contribution is 5.77. The summed E-state index contributed by atoms with van der Waals surface area (Å²) in [5.74, 6) is -0.868. The monoisotopic (exact) mass is 328 g/mol. The van der Waals surface area contributed by atoms with Crippen molar-refractivity contribution in [1.82, 2.24) is 9.88 Å². The van der Waals surface area contributed by atoms with Crippen molar-refractivity contribution in [2.45, 2.75) is 19.4 Å². The number of oxazole rings is 1. The predicted molar refractivity (Wildman–Crippen MR) is 88.0 cm³/mol. The van der Waals surface area contributed by atoms with Gasteiger partial charge in [-0.2, -0.15) is 0 Å². The Morgan fingerprint density at radius 2 is 2.04 bits per heavy atom. The van der Waals surface area contributed by atoms with Crippen LogP contribution in [0, 0.1) is 5.82 Å². The smallest absolute Gasteiger partial charge is 0.408 e. The van der Waals surface area contributed by atoms with Crippen LogP contribution in [-0.4, -0.2) is 10.5 Å². The van der Waals surface area contributed by atoms with Crippen molar-refractivity contribution < 1.29 is 13.6 Å². The molecule has 0 aliphatic carbocycles. The SMILES string of the molecule is Cn1c(=O)oc2ccc(CNC(=O)CCc3ccccc3F)cc21. The maximum absolute atomic E-state index is 13.5. The van der Waals surface area contributed by atoms with Crippen molar-refractivity contribution in [1.29, 1.82) is 0 Å². The lowest BCUT2D eigenvalue weighted by Gasteiger charge is -2.06.